The molecule has 3 heterocycles. The van der Waals surface area contributed by atoms with E-state index < -0.39 is 0 Å². The lowest BCUT2D eigenvalue weighted by atomic mass is 10.1. The highest BCUT2D eigenvalue weighted by molar-refractivity contribution is 6.31. The van der Waals surface area contributed by atoms with Gasteiger partial charge in [0.1, 0.15) is 11.4 Å². The summed E-state index contributed by atoms with van der Waals surface area (Å²) in [6, 6.07) is 13.5. The Morgan fingerprint density at radius 3 is 2.81 bits per heavy atom. The van der Waals surface area contributed by atoms with Crippen LogP contribution in [0.4, 0.5) is 5.69 Å². The fourth-order valence-corrected chi connectivity index (χ4v) is 3.87. The van der Waals surface area contributed by atoms with Crippen molar-refractivity contribution in [2.75, 3.05) is 18.4 Å². The quantitative estimate of drug-likeness (QED) is 0.439. The molecule has 1 fully saturated rings. The number of nitrogens with zero attached hydrogens (tertiary/aromatic N) is 1. The number of fused-ring (bicyclic) bond motifs is 2. The van der Waals surface area contributed by atoms with Crippen LogP contribution in [0.1, 0.15) is 6.42 Å². The predicted molar refractivity (Wildman–Crippen MR) is 110 cm³/mol. The number of anilines is 1. The molecule has 1 aliphatic heterocycles. The lowest BCUT2D eigenvalue weighted by molar-refractivity contribution is 0.794. The number of nitrogens with one attached hydrogen (secondary N) is 4. The summed E-state index contributed by atoms with van der Waals surface area (Å²) in [5.41, 5.74) is 3.56. The van der Waals surface area contributed by atoms with Crippen LogP contribution in [0.2, 0.25) is 5.02 Å². The second kappa shape index (κ2) is 6.40. The first kappa shape index (κ1) is 16.4. The number of pyridine rings is 1. The molecule has 1 atom stereocenters. The number of aromatic amines is 2. The molecule has 1 saturated heterocycles. The van der Waals surface area contributed by atoms with Gasteiger partial charge in [-0.3, -0.25) is 4.79 Å². The van der Waals surface area contributed by atoms with Crippen LogP contribution >= 0.6 is 11.6 Å². The first-order chi connectivity index (χ1) is 13.2. The Labute approximate surface area is 160 Å². The van der Waals surface area contributed by atoms with Crippen LogP contribution in [0.15, 0.2) is 47.3 Å². The van der Waals surface area contributed by atoms with Gasteiger partial charge in [0.05, 0.1) is 22.2 Å². The normalized spacial score (nSPS) is 17.0. The number of hydrogen-bond acceptors (Lipinski definition) is 4. The fourth-order valence-electron chi connectivity index (χ4n) is 3.69. The molecule has 2 aromatic carbocycles. The Hall–Kier alpha value is -2.83. The standard InChI is InChI=1S/C20H18ClN5O/c21-11-5-6-14-13(9-11)18(23-12-7-8-22-10-12)17(20(27)26-14)19-24-15-3-1-2-4-16(15)25-19/h1-6,9,12,22H,7-8,10H2,(H,24,25)(H2,23,26,27). The molecule has 0 amide bonds. The molecule has 136 valence electrons. The first-order valence-corrected chi connectivity index (χ1v) is 9.35. The van der Waals surface area contributed by atoms with Gasteiger partial charge in [0.15, 0.2) is 0 Å². The van der Waals surface area contributed by atoms with Crippen LogP contribution in [0.25, 0.3) is 33.3 Å². The predicted octanol–water partition coefficient (Wildman–Crippen LogP) is 3.50. The summed E-state index contributed by atoms with van der Waals surface area (Å²) < 4.78 is 0. The smallest absolute Gasteiger partial charge is 0.261 e. The molecule has 0 radical (unpaired) electrons. The molecule has 7 heteroatoms. The molecule has 0 bridgehead atoms. The summed E-state index contributed by atoms with van der Waals surface area (Å²) in [5.74, 6) is 0.549. The van der Waals surface area contributed by atoms with Crippen molar-refractivity contribution in [2.24, 2.45) is 0 Å². The van der Waals surface area contributed by atoms with E-state index >= 15 is 0 Å². The summed E-state index contributed by atoms with van der Waals surface area (Å²) in [6.07, 6.45) is 0.994. The molecule has 0 saturated carbocycles. The van der Waals surface area contributed by atoms with E-state index in [4.69, 9.17) is 11.6 Å². The van der Waals surface area contributed by atoms with E-state index in [0.717, 1.165) is 47.1 Å². The molecule has 27 heavy (non-hydrogen) atoms. The molecule has 6 nitrogen and oxygen atoms in total. The van der Waals surface area contributed by atoms with Crippen LogP contribution in [0, 0.1) is 0 Å². The maximum Gasteiger partial charge on any atom is 0.261 e. The summed E-state index contributed by atoms with van der Waals surface area (Å²) in [4.78, 5) is 23.9. The minimum Gasteiger partial charge on any atom is -0.380 e. The zero-order valence-corrected chi connectivity index (χ0v) is 15.2. The average Bonchev–Trinajstić information content (AvgIpc) is 3.31. The molecule has 1 aliphatic rings. The van der Waals surface area contributed by atoms with Crippen LogP contribution in [0.5, 0.6) is 0 Å². The number of imidazole rings is 1. The minimum atomic E-state index is -0.183. The summed E-state index contributed by atoms with van der Waals surface area (Å²) in [6.45, 7) is 1.81. The molecular weight excluding hydrogens is 362 g/mol. The highest BCUT2D eigenvalue weighted by Crippen LogP contribution is 2.33. The first-order valence-electron chi connectivity index (χ1n) is 8.97. The second-order valence-corrected chi connectivity index (χ2v) is 7.27. The largest absolute Gasteiger partial charge is 0.380 e. The fraction of sp³-hybridized carbons (Fsp3) is 0.200. The van der Waals surface area contributed by atoms with Crippen molar-refractivity contribution in [1.82, 2.24) is 20.3 Å². The number of rotatable bonds is 3. The van der Waals surface area contributed by atoms with Gasteiger partial charge in [0, 0.05) is 23.0 Å². The van der Waals surface area contributed by atoms with Crippen molar-refractivity contribution < 1.29 is 0 Å². The van der Waals surface area contributed by atoms with Crippen LogP contribution in [-0.4, -0.2) is 34.1 Å². The van der Waals surface area contributed by atoms with Gasteiger partial charge in [-0.05, 0) is 43.3 Å². The molecule has 0 spiro atoms. The summed E-state index contributed by atoms with van der Waals surface area (Å²) in [7, 11) is 0. The minimum absolute atomic E-state index is 0.183. The van der Waals surface area contributed by atoms with Crippen LogP contribution in [-0.2, 0) is 0 Å². The number of hydrogen-bond donors (Lipinski definition) is 4. The zero-order chi connectivity index (χ0) is 18.4. The monoisotopic (exact) mass is 379 g/mol. The van der Waals surface area contributed by atoms with Gasteiger partial charge in [-0.1, -0.05) is 23.7 Å². The van der Waals surface area contributed by atoms with Crippen molar-refractivity contribution in [3.05, 3.63) is 57.8 Å². The Kier molecular flexibility index (Phi) is 3.88. The molecular formula is C20H18ClN5O. The highest BCUT2D eigenvalue weighted by atomic mass is 35.5. The Balaban J connectivity index is 1.78. The van der Waals surface area contributed by atoms with E-state index in [1.54, 1.807) is 6.07 Å². The van der Waals surface area contributed by atoms with Gasteiger partial charge in [-0.25, -0.2) is 4.98 Å². The van der Waals surface area contributed by atoms with Gasteiger partial charge in [-0.2, -0.15) is 0 Å². The number of para-hydroxylation sites is 2. The summed E-state index contributed by atoms with van der Waals surface area (Å²) in [5, 5.41) is 8.41. The Morgan fingerprint density at radius 2 is 2.00 bits per heavy atom. The van der Waals surface area contributed by atoms with E-state index in [9.17, 15) is 4.79 Å². The third kappa shape index (κ3) is 2.87. The number of halogens is 1. The zero-order valence-electron chi connectivity index (χ0n) is 14.5. The lowest BCUT2D eigenvalue weighted by Gasteiger charge is -2.18. The molecule has 4 N–H and O–H groups in total. The van der Waals surface area contributed by atoms with E-state index in [1.807, 2.05) is 36.4 Å². The van der Waals surface area contributed by atoms with Gasteiger partial charge >= 0.3 is 0 Å². The van der Waals surface area contributed by atoms with Crippen molar-refractivity contribution >= 4 is 39.2 Å². The van der Waals surface area contributed by atoms with E-state index in [0.29, 0.717) is 16.4 Å². The topological polar surface area (TPSA) is 85.6 Å². The SMILES string of the molecule is O=c1[nH]c2ccc(Cl)cc2c(NC2CCNC2)c1-c1nc2ccccc2[nH]1. The van der Waals surface area contributed by atoms with Gasteiger partial charge in [0.25, 0.3) is 5.56 Å². The molecule has 1 unspecified atom stereocenters. The molecule has 2 aromatic heterocycles. The van der Waals surface area contributed by atoms with Gasteiger partial charge in [0.2, 0.25) is 0 Å². The lowest BCUT2D eigenvalue weighted by Crippen LogP contribution is -2.24. The van der Waals surface area contributed by atoms with Crippen molar-refractivity contribution in [2.45, 2.75) is 12.5 Å². The number of H-pyrrole nitrogens is 2. The van der Waals surface area contributed by atoms with Crippen molar-refractivity contribution in [1.29, 1.82) is 0 Å². The average molecular weight is 380 g/mol. The molecule has 0 aliphatic carbocycles. The highest BCUT2D eigenvalue weighted by Gasteiger charge is 2.22. The molecule has 4 aromatic rings. The third-order valence-corrected chi connectivity index (χ3v) is 5.25. The summed E-state index contributed by atoms with van der Waals surface area (Å²) >= 11 is 6.25. The number of benzene rings is 2. The van der Waals surface area contributed by atoms with E-state index in [2.05, 4.69) is 25.6 Å². The van der Waals surface area contributed by atoms with E-state index in [-0.39, 0.29) is 11.6 Å². The van der Waals surface area contributed by atoms with Crippen molar-refractivity contribution in [3.63, 3.8) is 0 Å². The van der Waals surface area contributed by atoms with Gasteiger partial charge < -0.3 is 20.6 Å². The Bertz CT molecular complexity index is 1170. The van der Waals surface area contributed by atoms with Crippen LogP contribution in [0.3, 0.4) is 0 Å². The van der Waals surface area contributed by atoms with Gasteiger partial charge in [-0.15, -0.1) is 0 Å². The maximum absolute atomic E-state index is 13.0. The van der Waals surface area contributed by atoms with E-state index in [1.165, 1.54) is 0 Å². The Morgan fingerprint density at radius 1 is 1.11 bits per heavy atom. The number of aromatic nitrogens is 3. The molecule has 5 rings (SSSR count). The van der Waals surface area contributed by atoms with Crippen LogP contribution < -0.4 is 16.2 Å². The van der Waals surface area contributed by atoms with Crippen molar-refractivity contribution in [3.8, 4) is 11.4 Å². The third-order valence-electron chi connectivity index (χ3n) is 5.01. The maximum atomic E-state index is 13.0. The second-order valence-electron chi connectivity index (χ2n) is 6.83.